The zero-order valence-corrected chi connectivity index (χ0v) is 23.5. The molecule has 0 aliphatic carbocycles. The second-order valence-corrected chi connectivity index (χ2v) is 10.2. The predicted molar refractivity (Wildman–Crippen MR) is 164 cm³/mol. The molecule has 1 aromatic heterocycles. The molecule has 0 radical (unpaired) electrons. The molecule has 0 aliphatic heterocycles. The van der Waals surface area contributed by atoms with E-state index in [1.165, 1.54) is 41.8 Å². The van der Waals surface area contributed by atoms with Gasteiger partial charge in [-0.3, -0.25) is 9.59 Å². The Kier molecular flexibility index (Phi) is 9.17. The zero-order valence-electron chi connectivity index (χ0n) is 21.9. The number of hydrogen-bond donors (Lipinski definition) is 3. The zero-order chi connectivity index (χ0) is 29.3. The number of carbonyl (C=O) groups excluding carboxylic acids is 2. The molecule has 5 aromatic rings. The SMILES string of the molecule is O=C(COc1cccc(/C=N\NC(=O)c2ccc(-c3csc(Nc4ccc(Cl)cc4)n3)cc2)c1)Nc1ccc(F)cc1. The molecule has 0 fully saturated rings. The highest BCUT2D eigenvalue weighted by molar-refractivity contribution is 7.14. The van der Waals surface area contributed by atoms with Gasteiger partial charge in [0.15, 0.2) is 11.7 Å². The number of carbonyl (C=O) groups is 2. The highest BCUT2D eigenvalue weighted by atomic mass is 35.5. The lowest BCUT2D eigenvalue weighted by atomic mass is 10.1. The normalized spacial score (nSPS) is 10.8. The first-order chi connectivity index (χ1) is 20.4. The molecule has 0 aliphatic rings. The van der Waals surface area contributed by atoms with E-state index in [0.29, 0.717) is 27.6 Å². The fourth-order valence-corrected chi connectivity index (χ4v) is 4.57. The Morgan fingerprint density at radius 3 is 2.45 bits per heavy atom. The molecule has 0 saturated heterocycles. The van der Waals surface area contributed by atoms with Gasteiger partial charge >= 0.3 is 0 Å². The van der Waals surface area contributed by atoms with Crippen molar-refractivity contribution in [3.8, 4) is 17.0 Å². The Bertz CT molecular complexity index is 1710. The number of amides is 2. The van der Waals surface area contributed by atoms with Gasteiger partial charge in [-0.05, 0) is 78.4 Å². The molecule has 2 amide bonds. The fourth-order valence-electron chi connectivity index (χ4n) is 3.71. The Hall–Kier alpha value is -5.06. The van der Waals surface area contributed by atoms with Crippen LogP contribution in [0.4, 0.5) is 20.9 Å². The summed E-state index contributed by atoms with van der Waals surface area (Å²) in [5.41, 5.74) is 6.63. The second-order valence-electron chi connectivity index (χ2n) is 8.86. The highest BCUT2D eigenvalue weighted by Gasteiger charge is 2.09. The maximum Gasteiger partial charge on any atom is 0.271 e. The van der Waals surface area contributed by atoms with Crippen molar-refractivity contribution in [2.24, 2.45) is 5.10 Å². The Morgan fingerprint density at radius 1 is 0.952 bits per heavy atom. The van der Waals surface area contributed by atoms with Gasteiger partial charge in [0.25, 0.3) is 11.8 Å². The van der Waals surface area contributed by atoms with Crippen molar-refractivity contribution in [3.63, 3.8) is 0 Å². The third-order valence-corrected chi connectivity index (χ3v) is 6.79. The first-order valence-corrected chi connectivity index (χ1v) is 13.9. The third kappa shape index (κ3) is 8.00. The molecule has 5 rings (SSSR count). The summed E-state index contributed by atoms with van der Waals surface area (Å²) in [7, 11) is 0. The van der Waals surface area contributed by atoms with E-state index in [9.17, 15) is 14.0 Å². The second kappa shape index (κ2) is 13.5. The van der Waals surface area contributed by atoms with E-state index in [1.807, 2.05) is 29.6 Å². The van der Waals surface area contributed by atoms with Crippen LogP contribution < -0.4 is 20.8 Å². The largest absolute Gasteiger partial charge is 0.484 e. The average molecular weight is 600 g/mol. The summed E-state index contributed by atoms with van der Waals surface area (Å²) in [6.07, 6.45) is 1.47. The van der Waals surface area contributed by atoms with Gasteiger partial charge in [-0.25, -0.2) is 14.8 Å². The number of hydrogen-bond acceptors (Lipinski definition) is 7. The lowest BCUT2D eigenvalue weighted by Gasteiger charge is -2.08. The van der Waals surface area contributed by atoms with Gasteiger partial charge in [-0.15, -0.1) is 11.3 Å². The highest BCUT2D eigenvalue weighted by Crippen LogP contribution is 2.28. The van der Waals surface area contributed by atoms with Crippen LogP contribution in [0.2, 0.25) is 5.02 Å². The number of ether oxygens (including phenoxy) is 1. The maximum absolute atomic E-state index is 13.0. The Balaban J connectivity index is 1.11. The van der Waals surface area contributed by atoms with Gasteiger partial charge in [0, 0.05) is 32.9 Å². The number of rotatable bonds is 10. The molecule has 0 bridgehead atoms. The van der Waals surface area contributed by atoms with Gasteiger partial charge in [0.05, 0.1) is 11.9 Å². The van der Waals surface area contributed by atoms with Crippen LogP contribution in [-0.4, -0.2) is 29.6 Å². The minimum Gasteiger partial charge on any atom is -0.484 e. The first kappa shape index (κ1) is 28.5. The standard InChI is InChI=1S/C31H23ClFN5O3S/c32-23-8-12-26(13-9-23)36-31-37-28(19-42-31)21-4-6-22(7-5-21)30(40)38-34-17-20-2-1-3-27(16-20)41-18-29(39)35-25-14-10-24(33)11-15-25/h1-17,19H,18H2,(H,35,39)(H,36,37)(H,38,40)/b34-17-. The van der Waals surface area contributed by atoms with Crippen molar-refractivity contribution in [3.05, 3.63) is 124 Å². The molecule has 0 unspecified atom stereocenters. The summed E-state index contributed by atoms with van der Waals surface area (Å²) < 4.78 is 18.5. The van der Waals surface area contributed by atoms with Gasteiger partial charge < -0.3 is 15.4 Å². The first-order valence-electron chi connectivity index (χ1n) is 12.6. The number of hydrazone groups is 1. The van der Waals surface area contributed by atoms with Crippen LogP contribution in [0.25, 0.3) is 11.3 Å². The third-order valence-electron chi connectivity index (χ3n) is 5.78. The summed E-state index contributed by atoms with van der Waals surface area (Å²) in [6, 6.07) is 26.8. The summed E-state index contributed by atoms with van der Waals surface area (Å²) in [6.45, 7) is -0.230. The van der Waals surface area contributed by atoms with Gasteiger partial charge in [0.2, 0.25) is 0 Å². The molecular weight excluding hydrogens is 577 g/mol. The van der Waals surface area contributed by atoms with E-state index >= 15 is 0 Å². The molecule has 8 nitrogen and oxygen atoms in total. The van der Waals surface area contributed by atoms with Crippen molar-refractivity contribution in [1.82, 2.24) is 10.4 Å². The predicted octanol–water partition coefficient (Wildman–Crippen LogP) is 7.13. The van der Waals surface area contributed by atoms with Crippen LogP contribution in [-0.2, 0) is 4.79 Å². The van der Waals surface area contributed by atoms with Crippen LogP contribution in [0.15, 0.2) is 108 Å². The molecule has 3 N–H and O–H groups in total. The quantitative estimate of drug-likeness (QED) is 0.117. The molecule has 4 aromatic carbocycles. The summed E-state index contributed by atoms with van der Waals surface area (Å²) in [5, 5.41) is 13.2. The van der Waals surface area contributed by atoms with E-state index < -0.39 is 0 Å². The molecule has 1 heterocycles. The van der Waals surface area contributed by atoms with E-state index in [0.717, 1.165) is 22.1 Å². The van der Waals surface area contributed by atoms with Crippen molar-refractivity contribution in [2.75, 3.05) is 17.2 Å². The minimum atomic E-state index is -0.387. The maximum atomic E-state index is 13.0. The van der Waals surface area contributed by atoms with Crippen molar-refractivity contribution < 1.29 is 18.7 Å². The topological polar surface area (TPSA) is 105 Å². The molecular formula is C31H23ClFN5O3S. The lowest BCUT2D eigenvalue weighted by Crippen LogP contribution is -2.20. The summed E-state index contributed by atoms with van der Waals surface area (Å²) in [4.78, 5) is 29.3. The number of nitrogens with one attached hydrogen (secondary N) is 3. The van der Waals surface area contributed by atoms with Gasteiger partial charge in [-0.1, -0.05) is 35.9 Å². The number of anilines is 3. The average Bonchev–Trinajstić information content (AvgIpc) is 3.47. The van der Waals surface area contributed by atoms with Gasteiger partial charge in [-0.2, -0.15) is 5.10 Å². The van der Waals surface area contributed by atoms with Crippen LogP contribution in [0.1, 0.15) is 15.9 Å². The van der Waals surface area contributed by atoms with E-state index in [1.54, 1.807) is 48.5 Å². The molecule has 210 valence electrons. The molecule has 0 spiro atoms. The fraction of sp³-hybridized carbons (Fsp3) is 0.0323. The van der Waals surface area contributed by atoms with Crippen molar-refractivity contribution >= 4 is 57.5 Å². The monoisotopic (exact) mass is 599 g/mol. The van der Waals surface area contributed by atoms with E-state index in [-0.39, 0.29) is 24.2 Å². The minimum absolute atomic E-state index is 0.230. The Morgan fingerprint density at radius 2 is 1.69 bits per heavy atom. The number of aromatic nitrogens is 1. The molecule has 0 atom stereocenters. The molecule has 11 heteroatoms. The van der Waals surface area contributed by atoms with Crippen LogP contribution in [0.5, 0.6) is 5.75 Å². The Labute approximate surface area is 249 Å². The van der Waals surface area contributed by atoms with Crippen LogP contribution >= 0.6 is 22.9 Å². The number of nitrogens with zero attached hydrogens (tertiary/aromatic N) is 2. The van der Waals surface area contributed by atoms with Gasteiger partial charge in [0.1, 0.15) is 11.6 Å². The number of thiazole rings is 1. The summed E-state index contributed by atoms with van der Waals surface area (Å²) in [5.74, 6) is -0.694. The lowest BCUT2D eigenvalue weighted by molar-refractivity contribution is -0.118. The molecule has 0 saturated carbocycles. The van der Waals surface area contributed by atoms with E-state index in [4.69, 9.17) is 16.3 Å². The van der Waals surface area contributed by atoms with Crippen molar-refractivity contribution in [2.45, 2.75) is 0 Å². The number of benzene rings is 4. The molecule has 42 heavy (non-hydrogen) atoms. The van der Waals surface area contributed by atoms with Crippen molar-refractivity contribution in [1.29, 1.82) is 0 Å². The summed E-state index contributed by atoms with van der Waals surface area (Å²) >= 11 is 7.41. The van der Waals surface area contributed by atoms with E-state index in [2.05, 4.69) is 26.1 Å². The van der Waals surface area contributed by atoms with Crippen LogP contribution in [0.3, 0.4) is 0 Å². The number of halogens is 2. The van der Waals surface area contributed by atoms with Crippen LogP contribution in [0, 0.1) is 5.82 Å². The smallest absolute Gasteiger partial charge is 0.271 e.